The molecule has 0 saturated carbocycles. The van der Waals surface area contributed by atoms with Crippen molar-refractivity contribution in [3.05, 3.63) is 55.7 Å². The topological polar surface area (TPSA) is 58.2 Å². The SMILES string of the molecule is O=C(CCCCCCCCCCC(=O)Nc1ccccc1I)Nc1ccccc1I. The molecule has 0 saturated heterocycles. The van der Waals surface area contributed by atoms with Crippen molar-refractivity contribution in [3.8, 4) is 0 Å². The summed E-state index contributed by atoms with van der Waals surface area (Å²) in [4.78, 5) is 24.0. The molecule has 2 amide bonds. The van der Waals surface area contributed by atoms with Gasteiger partial charge < -0.3 is 10.6 Å². The molecule has 0 aliphatic rings. The number of halogens is 2. The second-order valence-corrected chi connectivity index (χ2v) is 9.71. The van der Waals surface area contributed by atoms with Crippen LogP contribution in [0.3, 0.4) is 0 Å². The summed E-state index contributed by atoms with van der Waals surface area (Å²) in [6.45, 7) is 0. The monoisotopic (exact) mass is 632 g/mol. The van der Waals surface area contributed by atoms with Gasteiger partial charge in [0, 0.05) is 20.0 Å². The van der Waals surface area contributed by atoms with E-state index in [-0.39, 0.29) is 11.8 Å². The van der Waals surface area contributed by atoms with Crippen LogP contribution in [-0.2, 0) is 9.59 Å². The van der Waals surface area contributed by atoms with Crippen LogP contribution in [0, 0.1) is 7.14 Å². The Morgan fingerprint density at radius 2 is 0.900 bits per heavy atom. The molecule has 162 valence electrons. The third-order valence-electron chi connectivity index (χ3n) is 4.85. The van der Waals surface area contributed by atoms with Gasteiger partial charge in [-0.05, 0) is 82.3 Å². The van der Waals surface area contributed by atoms with E-state index < -0.39 is 0 Å². The molecular formula is C24H30I2N2O2. The molecule has 2 aromatic carbocycles. The molecule has 30 heavy (non-hydrogen) atoms. The standard InChI is InChI=1S/C24H30I2N2O2/c25-19-13-9-11-15-21(19)27-23(29)17-7-5-3-1-2-4-6-8-18-24(30)28-22-16-12-10-14-20(22)26/h9-16H,1-8,17-18H2,(H,27,29)(H,28,30). The number of para-hydroxylation sites is 2. The fourth-order valence-corrected chi connectivity index (χ4v) is 4.23. The lowest BCUT2D eigenvalue weighted by atomic mass is 10.1. The average Bonchev–Trinajstić information content (AvgIpc) is 2.73. The van der Waals surface area contributed by atoms with E-state index in [1.165, 1.54) is 25.7 Å². The van der Waals surface area contributed by atoms with Gasteiger partial charge in [0.15, 0.2) is 0 Å². The van der Waals surface area contributed by atoms with Crippen molar-refractivity contribution >= 4 is 68.4 Å². The first-order valence-electron chi connectivity index (χ1n) is 10.6. The molecular weight excluding hydrogens is 602 g/mol. The quantitative estimate of drug-likeness (QED) is 0.179. The highest BCUT2D eigenvalue weighted by atomic mass is 127. The van der Waals surface area contributed by atoms with E-state index in [1.807, 2.05) is 48.5 Å². The highest BCUT2D eigenvalue weighted by Gasteiger charge is 2.06. The Morgan fingerprint density at radius 3 is 1.27 bits per heavy atom. The van der Waals surface area contributed by atoms with E-state index in [0.717, 1.165) is 44.2 Å². The van der Waals surface area contributed by atoms with Crippen molar-refractivity contribution in [2.24, 2.45) is 0 Å². The molecule has 0 radical (unpaired) electrons. The lowest BCUT2D eigenvalue weighted by molar-refractivity contribution is -0.117. The maximum absolute atomic E-state index is 12.0. The fourth-order valence-electron chi connectivity index (χ4n) is 3.18. The predicted octanol–water partition coefficient (Wildman–Crippen LogP) is 7.37. The van der Waals surface area contributed by atoms with E-state index in [4.69, 9.17) is 0 Å². The van der Waals surface area contributed by atoms with E-state index in [2.05, 4.69) is 55.8 Å². The summed E-state index contributed by atoms with van der Waals surface area (Å²) in [5.41, 5.74) is 1.80. The number of nitrogens with one attached hydrogen (secondary N) is 2. The van der Waals surface area contributed by atoms with Gasteiger partial charge in [0.05, 0.1) is 11.4 Å². The smallest absolute Gasteiger partial charge is 0.224 e. The van der Waals surface area contributed by atoms with Crippen molar-refractivity contribution in [1.82, 2.24) is 0 Å². The van der Waals surface area contributed by atoms with Gasteiger partial charge in [-0.1, -0.05) is 62.8 Å². The number of hydrogen-bond acceptors (Lipinski definition) is 2. The minimum absolute atomic E-state index is 0.0996. The van der Waals surface area contributed by atoms with E-state index in [9.17, 15) is 9.59 Å². The van der Waals surface area contributed by atoms with Crippen LogP contribution >= 0.6 is 45.2 Å². The van der Waals surface area contributed by atoms with Crippen LogP contribution in [0.1, 0.15) is 64.2 Å². The number of amides is 2. The minimum atomic E-state index is 0.0996. The lowest BCUT2D eigenvalue weighted by Crippen LogP contribution is -2.12. The third kappa shape index (κ3) is 10.2. The summed E-state index contributed by atoms with van der Waals surface area (Å²) < 4.78 is 2.13. The second kappa shape index (κ2) is 14.8. The number of anilines is 2. The van der Waals surface area contributed by atoms with Crippen LogP contribution in [0.15, 0.2) is 48.5 Å². The third-order valence-corrected chi connectivity index (χ3v) is 6.73. The Morgan fingerprint density at radius 1 is 0.567 bits per heavy atom. The summed E-state index contributed by atoms with van der Waals surface area (Å²) in [6, 6.07) is 15.7. The normalized spacial score (nSPS) is 10.6. The van der Waals surface area contributed by atoms with Gasteiger partial charge >= 0.3 is 0 Å². The number of carbonyl (C=O) groups excluding carboxylic acids is 2. The Labute approximate surface area is 207 Å². The largest absolute Gasteiger partial charge is 0.325 e. The van der Waals surface area contributed by atoms with Gasteiger partial charge in [-0.15, -0.1) is 0 Å². The zero-order chi connectivity index (χ0) is 21.6. The van der Waals surface area contributed by atoms with Crippen molar-refractivity contribution < 1.29 is 9.59 Å². The molecule has 0 spiro atoms. The first-order valence-corrected chi connectivity index (χ1v) is 12.8. The molecule has 0 atom stereocenters. The van der Waals surface area contributed by atoms with Crippen LogP contribution in [0.5, 0.6) is 0 Å². The Kier molecular flexibility index (Phi) is 12.4. The molecule has 0 aliphatic carbocycles. The minimum Gasteiger partial charge on any atom is -0.325 e. The molecule has 0 heterocycles. The van der Waals surface area contributed by atoms with Crippen LogP contribution in [0.25, 0.3) is 0 Å². The van der Waals surface area contributed by atoms with Crippen LogP contribution in [0.2, 0.25) is 0 Å². The zero-order valence-corrected chi connectivity index (χ0v) is 21.6. The van der Waals surface area contributed by atoms with Crippen LogP contribution in [-0.4, -0.2) is 11.8 Å². The second-order valence-electron chi connectivity index (χ2n) is 7.38. The molecule has 4 nitrogen and oxygen atoms in total. The Balaban J connectivity index is 1.42. The van der Waals surface area contributed by atoms with Crippen molar-refractivity contribution in [3.63, 3.8) is 0 Å². The first-order chi connectivity index (χ1) is 14.6. The van der Waals surface area contributed by atoms with Gasteiger partial charge in [-0.2, -0.15) is 0 Å². The summed E-state index contributed by atoms with van der Waals surface area (Å²) in [5, 5.41) is 5.97. The Bertz CT molecular complexity index is 744. The highest BCUT2D eigenvalue weighted by Crippen LogP contribution is 2.19. The molecule has 0 aliphatic heterocycles. The molecule has 0 aromatic heterocycles. The van der Waals surface area contributed by atoms with E-state index >= 15 is 0 Å². The maximum atomic E-state index is 12.0. The van der Waals surface area contributed by atoms with E-state index in [1.54, 1.807) is 0 Å². The fraction of sp³-hybridized carbons (Fsp3) is 0.417. The summed E-state index contributed by atoms with van der Waals surface area (Å²) >= 11 is 4.47. The molecule has 0 bridgehead atoms. The van der Waals surface area contributed by atoms with Gasteiger partial charge in [0.1, 0.15) is 0 Å². The summed E-state index contributed by atoms with van der Waals surface area (Å²) in [6.07, 6.45) is 9.97. The van der Waals surface area contributed by atoms with Crippen LogP contribution in [0.4, 0.5) is 11.4 Å². The average molecular weight is 632 g/mol. The first kappa shape index (κ1) is 25.1. The Hall–Kier alpha value is -1.16. The van der Waals surface area contributed by atoms with Crippen LogP contribution < -0.4 is 10.6 Å². The zero-order valence-electron chi connectivity index (χ0n) is 17.3. The van der Waals surface area contributed by atoms with Crippen molar-refractivity contribution in [1.29, 1.82) is 0 Å². The number of hydrogen-bond donors (Lipinski definition) is 2. The highest BCUT2D eigenvalue weighted by molar-refractivity contribution is 14.1. The van der Waals surface area contributed by atoms with Gasteiger partial charge in [0.25, 0.3) is 0 Å². The van der Waals surface area contributed by atoms with Crippen molar-refractivity contribution in [2.75, 3.05) is 10.6 Å². The van der Waals surface area contributed by atoms with Gasteiger partial charge in [0.2, 0.25) is 11.8 Å². The maximum Gasteiger partial charge on any atom is 0.224 e. The summed E-state index contributed by atoms with van der Waals surface area (Å²) in [5.74, 6) is 0.199. The molecule has 0 fully saturated rings. The number of unbranched alkanes of at least 4 members (excludes halogenated alkanes) is 7. The molecule has 6 heteroatoms. The number of benzene rings is 2. The van der Waals surface area contributed by atoms with Gasteiger partial charge in [-0.3, -0.25) is 9.59 Å². The molecule has 2 aromatic rings. The lowest BCUT2D eigenvalue weighted by Gasteiger charge is -2.07. The van der Waals surface area contributed by atoms with Gasteiger partial charge in [-0.25, -0.2) is 0 Å². The van der Waals surface area contributed by atoms with Crippen molar-refractivity contribution in [2.45, 2.75) is 64.2 Å². The molecule has 2 rings (SSSR count). The molecule has 2 N–H and O–H groups in total. The molecule has 0 unspecified atom stereocenters. The number of carbonyl (C=O) groups is 2. The summed E-state index contributed by atoms with van der Waals surface area (Å²) in [7, 11) is 0. The van der Waals surface area contributed by atoms with E-state index in [0.29, 0.717) is 12.8 Å². The predicted molar refractivity (Wildman–Crippen MR) is 142 cm³/mol. The number of rotatable bonds is 13.